The lowest BCUT2D eigenvalue weighted by atomic mass is 9.99. The molecule has 7 heterocycles. The van der Waals surface area contributed by atoms with E-state index < -0.39 is 29.6 Å². The highest BCUT2D eigenvalue weighted by atomic mass is 35.5. The standard InChI is InChI=1S/C44H40BClN11O5S/c1-21-25(5)63-43-38(21)40(27-11-13-28(46)14-12-27)49-33(42-53-52-26(6)57(42)43)18-36(58)50-45-51-37(59)20-55-34-19-48-32-16-30(39-22(2)54-62-24(39)4)35(61-7)17-29(32)41(34)56(44(55)60)23(3)31-10-8-9-15-47-31/h8-17,19,23,33H,18,20H2,1-7H3,(H,50,58)(H,51,59)/t23-,33+/m1/s1. The van der Waals surface area contributed by atoms with Crippen molar-refractivity contribution in [3.63, 3.8) is 0 Å². The quantitative estimate of drug-likeness (QED) is 0.134. The molecule has 9 rings (SSSR count). The lowest BCUT2D eigenvalue weighted by Gasteiger charge is -2.15. The molecule has 2 aromatic carbocycles. The van der Waals surface area contributed by atoms with Crippen molar-refractivity contribution in [2.24, 2.45) is 4.99 Å². The molecule has 0 unspecified atom stereocenters. The van der Waals surface area contributed by atoms with Crippen LogP contribution in [0.4, 0.5) is 0 Å². The Hall–Kier alpha value is -6.92. The molecular formula is C44H40BClN11O5S. The van der Waals surface area contributed by atoms with E-state index in [0.717, 1.165) is 37.7 Å². The van der Waals surface area contributed by atoms with E-state index in [1.54, 1.807) is 41.5 Å². The third kappa shape index (κ3) is 7.27. The highest BCUT2D eigenvalue weighted by molar-refractivity contribution is 7.15. The van der Waals surface area contributed by atoms with E-state index in [9.17, 15) is 14.4 Å². The van der Waals surface area contributed by atoms with Crippen molar-refractivity contribution in [1.29, 1.82) is 0 Å². The summed E-state index contributed by atoms with van der Waals surface area (Å²) in [4.78, 5) is 57.3. The summed E-state index contributed by atoms with van der Waals surface area (Å²) in [5, 5.41) is 20.4. The minimum absolute atomic E-state index is 0.104. The van der Waals surface area contributed by atoms with Crippen LogP contribution in [0, 0.1) is 34.6 Å². The van der Waals surface area contributed by atoms with Crippen LogP contribution in [0.2, 0.25) is 5.02 Å². The molecule has 8 aromatic rings. The number of rotatable bonds is 11. The molecule has 63 heavy (non-hydrogen) atoms. The molecule has 0 aliphatic carbocycles. The van der Waals surface area contributed by atoms with Crippen molar-refractivity contribution in [1.82, 2.24) is 49.5 Å². The Morgan fingerprint density at radius 3 is 2.49 bits per heavy atom. The zero-order chi connectivity index (χ0) is 44.3. The number of aryl methyl sites for hydroxylation is 4. The molecule has 0 bridgehead atoms. The largest absolute Gasteiger partial charge is 0.496 e. The fraction of sp³-hybridized carbons (Fsp3) is 0.250. The second-order valence-corrected chi connectivity index (χ2v) is 17.0. The summed E-state index contributed by atoms with van der Waals surface area (Å²) in [6.45, 7) is 11.2. The first kappa shape index (κ1) is 41.4. The lowest BCUT2D eigenvalue weighted by Crippen LogP contribution is -2.43. The van der Waals surface area contributed by atoms with Crippen LogP contribution >= 0.6 is 22.9 Å². The first-order valence-corrected chi connectivity index (χ1v) is 21.3. The minimum atomic E-state index is -0.715. The van der Waals surface area contributed by atoms with E-state index in [1.165, 1.54) is 12.1 Å². The maximum Gasteiger partial charge on any atom is 0.390 e. The number of pyridine rings is 2. The average molecular weight is 881 g/mol. The smallest absolute Gasteiger partial charge is 0.390 e. The predicted octanol–water partition coefficient (Wildman–Crippen LogP) is 6.61. The molecule has 1 aliphatic rings. The molecule has 19 heteroatoms. The highest BCUT2D eigenvalue weighted by Crippen LogP contribution is 2.41. The van der Waals surface area contributed by atoms with Gasteiger partial charge in [-0.15, -0.1) is 21.5 Å². The fourth-order valence-electron chi connectivity index (χ4n) is 8.23. The van der Waals surface area contributed by atoms with Gasteiger partial charge in [-0.3, -0.25) is 38.3 Å². The molecule has 2 atom stereocenters. The van der Waals surface area contributed by atoms with Crippen LogP contribution in [0.15, 0.2) is 81.3 Å². The van der Waals surface area contributed by atoms with Crippen molar-refractivity contribution in [3.05, 3.63) is 133 Å². The number of amides is 2. The van der Waals surface area contributed by atoms with Gasteiger partial charge < -0.3 is 19.7 Å². The Balaban J connectivity index is 0.993. The lowest BCUT2D eigenvalue weighted by molar-refractivity contribution is -0.120. The molecule has 0 spiro atoms. The van der Waals surface area contributed by atoms with Crippen molar-refractivity contribution < 1.29 is 18.8 Å². The fourth-order valence-corrected chi connectivity index (χ4v) is 9.57. The first-order chi connectivity index (χ1) is 30.3. The molecule has 0 saturated heterocycles. The number of carbonyl (C=O) groups excluding carboxylic acids is 2. The van der Waals surface area contributed by atoms with Gasteiger partial charge in [0.25, 0.3) is 0 Å². The summed E-state index contributed by atoms with van der Waals surface area (Å²) in [5.41, 5.74) is 7.55. The van der Waals surface area contributed by atoms with Crippen LogP contribution in [0.5, 0.6) is 5.75 Å². The number of methoxy groups -OCH3 is 1. The highest BCUT2D eigenvalue weighted by Gasteiger charge is 2.33. The van der Waals surface area contributed by atoms with E-state index in [-0.39, 0.29) is 13.0 Å². The predicted molar refractivity (Wildman–Crippen MR) is 241 cm³/mol. The van der Waals surface area contributed by atoms with E-state index in [2.05, 4.69) is 44.6 Å². The van der Waals surface area contributed by atoms with Crippen LogP contribution in [0.25, 0.3) is 38.1 Å². The number of fused-ring (bicyclic) bond motifs is 6. The minimum Gasteiger partial charge on any atom is -0.496 e. The number of nitrogens with zero attached hydrogens (tertiary/aromatic N) is 9. The van der Waals surface area contributed by atoms with Gasteiger partial charge in [0, 0.05) is 38.2 Å². The number of aromatic nitrogens is 8. The number of aliphatic imine (C=N–C) groups is 1. The van der Waals surface area contributed by atoms with Gasteiger partial charge >= 0.3 is 13.2 Å². The summed E-state index contributed by atoms with van der Waals surface area (Å²) in [7, 11) is 2.74. The normalized spacial score (nSPS) is 13.9. The third-order valence-corrected chi connectivity index (χ3v) is 12.9. The summed E-state index contributed by atoms with van der Waals surface area (Å²) in [6, 6.07) is 15.4. The van der Waals surface area contributed by atoms with Crippen molar-refractivity contribution in [2.75, 3.05) is 7.11 Å². The Labute approximate surface area is 370 Å². The second-order valence-electron chi connectivity index (χ2n) is 15.3. The summed E-state index contributed by atoms with van der Waals surface area (Å²) >= 11 is 7.88. The molecular weight excluding hydrogens is 841 g/mol. The number of halogens is 1. The number of thiophene rings is 1. The Morgan fingerprint density at radius 1 is 1.00 bits per heavy atom. The van der Waals surface area contributed by atoms with Gasteiger partial charge in [0.1, 0.15) is 34.9 Å². The van der Waals surface area contributed by atoms with Gasteiger partial charge in [-0.2, -0.15) is 0 Å². The van der Waals surface area contributed by atoms with Gasteiger partial charge in [0.05, 0.1) is 65.0 Å². The van der Waals surface area contributed by atoms with Gasteiger partial charge in [0.15, 0.2) is 5.82 Å². The molecule has 0 saturated carbocycles. The molecule has 2 N–H and O–H groups in total. The van der Waals surface area contributed by atoms with E-state index in [0.29, 0.717) is 67.2 Å². The van der Waals surface area contributed by atoms with E-state index in [1.807, 2.05) is 80.8 Å². The number of hydrogen-bond acceptors (Lipinski definition) is 12. The first-order valence-electron chi connectivity index (χ1n) is 20.1. The van der Waals surface area contributed by atoms with Gasteiger partial charge in [0.2, 0.25) is 11.8 Å². The zero-order valence-corrected chi connectivity index (χ0v) is 36.9. The monoisotopic (exact) mass is 880 g/mol. The van der Waals surface area contributed by atoms with Crippen molar-refractivity contribution in [2.45, 2.75) is 66.6 Å². The molecule has 1 aliphatic heterocycles. The van der Waals surface area contributed by atoms with Crippen LogP contribution in [0.1, 0.15) is 75.8 Å². The molecule has 0 fully saturated rings. The SMILES string of the molecule is COc1cc2c(cc1-c1c(C)noc1C)ncc1c2n([C@H](C)c2ccccn2)c(=O)n1CC(=O)N[B]NC(=O)C[C@@H]1N=C(c2ccc(Cl)cc2)c2c(sc(C)c2C)-n2c(C)nnc21. The Bertz CT molecular complexity index is 3190. The molecule has 1 radical (unpaired) electrons. The maximum absolute atomic E-state index is 14.5. The molecule has 2 amide bonds. The second kappa shape index (κ2) is 16.4. The van der Waals surface area contributed by atoms with Crippen molar-refractivity contribution >= 4 is 69.9 Å². The zero-order valence-electron chi connectivity index (χ0n) is 35.3. The van der Waals surface area contributed by atoms with Crippen LogP contribution in [0.3, 0.4) is 0 Å². The average Bonchev–Trinajstić information content (AvgIpc) is 3.97. The summed E-state index contributed by atoms with van der Waals surface area (Å²) in [5.74, 6) is 1.35. The number of nitrogens with one attached hydrogen (secondary N) is 2. The molecule has 317 valence electrons. The topological polar surface area (TPSA) is 189 Å². The molecule has 6 aromatic heterocycles. The molecule has 16 nitrogen and oxygen atoms in total. The summed E-state index contributed by atoms with van der Waals surface area (Å²) < 4.78 is 16.3. The number of benzene rings is 2. The van der Waals surface area contributed by atoms with E-state index in [4.69, 9.17) is 30.8 Å². The van der Waals surface area contributed by atoms with Crippen LogP contribution < -0.4 is 20.9 Å². The van der Waals surface area contributed by atoms with Gasteiger partial charge in [-0.05, 0) is 83.5 Å². The Morgan fingerprint density at radius 2 is 1.78 bits per heavy atom. The number of imidazole rings is 1. The Kier molecular flexibility index (Phi) is 10.8. The van der Waals surface area contributed by atoms with Crippen LogP contribution in [-0.4, -0.2) is 71.2 Å². The number of carbonyl (C=O) groups is 2. The van der Waals surface area contributed by atoms with E-state index >= 15 is 0 Å². The number of hydrogen-bond donors (Lipinski definition) is 2. The third-order valence-electron chi connectivity index (χ3n) is 11.4. The number of ether oxygens (including phenoxy) is 1. The summed E-state index contributed by atoms with van der Waals surface area (Å²) in [6.07, 6.45) is 3.14. The van der Waals surface area contributed by atoms with Gasteiger partial charge in [-0.25, -0.2) is 4.79 Å². The van der Waals surface area contributed by atoms with Crippen LogP contribution in [-0.2, 0) is 16.1 Å². The van der Waals surface area contributed by atoms with Crippen molar-refractivity contribution in [3.8, 4) is 21.9 Å². The van der Waals surface area contributed by atoms with Gasteiger partial charge in [-0.1, -0.05) is 35.0 Å². The maximum atomic E-state index is 14.5.